The number of esters is 1. The summed E-state index contributed by atoms with van der Waals surface area (Å²) in [4.78, 5) is 31.3. The SMILES string of the molecule is CCCCCCCCCCCCCCCCCCOCC(CO)OC(=O)CCCCCCCCCCCCCCC.NCCOP(=O)([O-])[O-]. The average molecular weight is 722 g/mol. The highest BCUT2D eigenvalue weighted by Gasteiger charge is 2.13. The maximum Gasteiger partial charge on any atom is 0.306 e. The van der Waals surface area contributed by atoms with Gasteiger partial charge >= 0.3 is 5.97 Å². The summed E-state index contributed by atoms with van der Waals surface area (Å²) in [5, 5.41) is 9.55. The zero-order valence-electron chi connectivity index (χ0n) is 32.2. The van der Waals surface area contributed by atoms with Crippen molar-refractivity contribution in [1.29, 1.82) is 0 Å². The summed E-state index contributed by atoms with van der Waals surface area (Å²) in [6.07, 6.45) is 38.5. The van der Waals surface area contributed by atoms with Crippen LogP contribution in [0.1, 0.15) is 206 Å². The molecular weight excluding hydrogens is 641 g/mol. The summed E-state index contributed by atoms with van der Waals surface area (Å²) < 4.78 is 24.4. The molecule has 1 unspecified atom stereocenters. The van der Waals surface area contributed by atoms with Crippen molar-refractivity contribution in [1.82, 2.24) is 0 Å². The molecule has 0 bridgehead atoms. The molecule has 0 saturated carbocycles. The third-order valence-corrected chi connectivity index (χ3v) is 9.30. The van der Waals surface area contributed by atoms with Gasteiger partial charge in [0.15, 0.2) is 0 Å². The summed E-state index contributed by atoms with van der Waals surface area (Å²) in [5.41, 5.74) is 4.81. The quantitative estimate of drug-likeness (QED) is 0.0360. The Morgan fingerprint density at radius 3 is 1.24 bits per heavy atom. The lowest BCUT2D eigenvalue weighted by Crippen LogP contribution is -2.27. The molecule has 0 aliphatic heterocycles. The van der Waals surface area contributed by atoms with Crippen LogP contribution in [0.3, 0.4) is 0 Å². The fourth-order valence-electron chi connectivity index (χ4n) is 5.79. The van der Waals surface area contributed by atoms with E-state index in [-0.39, 0.29) is 25.7 Å². The molecule has 0 aliphatic carbocycles. The molecule has 0 radical (unpaired) electrons. The maximum absolute atomic E-state index is 12.1. The Labute approximate surface area is 302 Å². The van der Waals surface area contributed by atoms with Gasteiger partial charge in [-0.3, -0.25) is 4.79 Å². The number of aliphatic hydroxyl groups excluding tert-OH is 1. The Balaban J connectivity index is 0. The summed E-state index contributed by atoms with van der Waals surface area (Å²) in [6.45, 7) is 5.19. The van der Waals surface area contributed by atoms with E-state index in [0.717, 1.165) is 19.3 Å². The van der Waals surface area contributed by atoms with Crippen molar-refractivity contribution in [2.75, 3.05) is 33.0 Å². The monoisotopic (exact) mass is 722 g/mol. The highest BCUT2D eigenvalue weighted by Crippen LogP contribution is 2.23. The van der Waals surface area contributed by atoms with Crippen LogP contribution in [-0.4, -0.2) is 50.2 Å². The largest absolute Gasteiger partial charge is 0.790 e. The Bertz CT molecular complexity index is 694. The van der Waals surface area contributed by atoms with Crippen LogP contribution in [0.4, 0.5) is 0 Å². The summed E-state index contributed by atoms with van der Waals surface area (Å²) in [7, 11) is -4.76. The van der Waals surface area contributed by atoms with Crippen LogP contribution in [0.25, 0.3) is 0 Å². The topological polar surface area (TPSA) is 154 Å². The van der Waals surface area contributed by atoms with Gasteiger partial charge in [0.1, 0.15) is 6.10 Å². The van der Waals surface area contributed by atoms with Crippen LogP contribution in [0.5, 0.6) is 0 Å². The summed E-state index contributed by atoms with van der Waals surface area (Å²) in [5.74, 6) is -0.196. The van der Waals surface area contributed by atoms with Crippen LogP contribution >= 0.6 is 7.82 Å². The molecule has 0 amide bonds. The molecule has 0 spiro atoms. The number of unbranched alkanes of at least 4 members (excludes halogenated alkanes) is 27. The molecule has 0 rings (SSSR count). The fourth-order valence-corrected chi connectivity index (χ4v) is 6.12. The summed E-state index contributed by atoms with van der Waals surface area (Å²) in [6, 6.07) is 0. The standard InChI is InChI=1S/C37H74O4.C2H8NO4P/c1-3-5-7-9-11-13-15-17-18-19-21-23-25-27-29-31-33-40-35-36(34-38)41-37(39)32-30-28-26-24-22-20-16-14-12-10-8-6-4-2;3-1-2-7-8(4,5)6/h36,38H,3-35H2,1-2H3;1-3H2,(H2,4,5,6)/p-2. The number of nitrogens with two attached hydrogens (primary N) is 1. The predicted octanol–water partition coefficient (Wildman–Crippen LogP) is 9.44. The lowest BCUT2D eigenvalue weighted by molar-refractivity contribution is -0.341. The molecule has 3 N–H and O–H groups in total. The van der Waals surface area contributed by atoms with Crippen molar-refractivity contribution in [3.8, 4) is 0 Å². The van der Waals surface area contributed by atoms with Gasteiger partial charge in [-0.1, -0.05) is 187 Å². The van der Waals surface area contributed by atoms with Crippen LogP contribution in [-0.2, 0) is 23.4 Å². The van der Waals surface area contributed by atoms with Gasteiger partial charge in [0.05, 0.1) is 27.6 Å². The number of hydrogen-bond acceptors (Lipinski definition) is 9. The zero-order valence-corrected chi connectivity index (χ0v) is 33.1. The van der Waals surface area contributed by atoms with Gasteiger partial charge in [-0.25, -0.2) is 0 Å². The minimum Gasteiger partial charge on any atom is -0.790 e. The first-order valence-electron chi connectivity index (χ1n) is 20.5. The second kappa shape index (κ2) is 41.9. The van der Waals surface area contributed by atoms with Crippen LogP contribution in [0.2, 0.25) is 0 Å². The van der Waals surface area contributed by atoms with E-state index in [1.807, 2.05) is 0 Å². The molecule has 1 atom stereocenters. The first kappa shape index (κ1) is 50.6. The lowest BCUT2D eigenvalue weighted by atomic mass is 10.0. The number of phosphoric acid groups is 1. The molecule has 0 fully saturated rings. The van der Waals surface area contributed by atoms with Crippen LogP contribution in [0.15, 0.2) is 0 Å². The van der Waals surface area contributed by atoms with Gasteiger partial charge in [0, 0.05) is 19.6 Å². The van der Waals surface area contributed by atoms with Crippen LogP contribution in [0, 0.1) is 0 Å². The van der Waals surface area contributed by atoms with E-state index in [1.54, 1.807) is 0 Å². The van der Waals surface area contributed by atoms with Gasteiger partial charge < -0.3 is 39.2 Å². The van der Waals surface area contributed by atoms with E-state index < -0.39 is 13.9 Å². The fraction of sp³-hybridized carbons (Fsp3) is 0.974. The van der Waals surface area contributed by atoms with Gasteiger partial charge in [0.2, 0.25) is 0 Å². The Kier molecular flexibility index (Phi) is 43.2. The highest BCUT2D eigenvalue weighted by atomic mass is 31.2. The van der Waals surface area contributed by atoms with Crippen molar-refractivity contribution < 1.29 is 38.3 Å². The predicted molar refractivity (Wildman–Crippen MR) is 200 cm³/mol. The molecular formula is C39H80NO8P-2. The van der Waals surface area contributed by atoms with E-state index in [9.17, 15) is 24.3 Å². The Morgan fingerprint density at radius 1 is 0.592 bits per heavy atom. The number of aliphatic hydroxyl groups is 1. The number of carbonyl (C=O) groups is 1. The molecule has 296 valence electrons. The van der Waals surface area contributed by atoms with E-state index in [0.29, 0.717) is 19.6 Å². The third-order valence-electron chi connectivity index (χ3n) is 8.80. The second-order valence-electron chi connectivity index (χ2n) is 13.7. The molecule has 49 heavy (non-hydrogen) atoms. The van der Waals surface area contributed by atoms with Crippen molar-refractivity contribution >= 4 is 13.8 Å². The van der Waals surface area contributed by atoms with Gasteiger partial charge in [-0.05, 0) is 12.8 Å². The third kappa shape index (κ3) is 47.5. The second-order valence-corrected chi connectivity index (χ2v) is 14.9. The van der Waals surface area contributed by atoms with E-state index in [4.69, 9.17) is 15.2 Å². The average Bonchev–Trinajstić information content (AvgIpc) is 3.08. The van der Waals surface area contributed by atoms with Crippen molar-refractivity contribution in [3.63, 3.8) is 0 Å². The number of rotatable bonds is 38. The first-order chi connectivity index (χ1) is 23.8. The number of carbonyl (C=O) groups excluding carboxylic acids is 1. The van der Waals surface area contributed by atoms with Gasteiger partial charge in [-0.2, -0.15) is 0 Å². The lowest BCUT2D eigenvalue weighted by Gasteiger charge is -2.27. The van der Waals surface area contributed by atoms with Crippen molar-refractivity contribution in [2.24, 2.45) is 5.73 Å². The highest BCUT2D eigenvalue weighted by molar-refractivity contribution is 7.43. The smallest absolute Gasteiger partial charge is 0.306 e. The zero-order chi connectivity index (χ0) is 36.5. The minimum atomic E-state index is -4.76. The number of phosphoric ester groups is 1. The number of ether oxygens (including phenoxy) is 2. The van der Waals surface area contributed by atoms with Gasteiger partial charge in [0.25, 0.3) is 0 Å². The molecule has 0 aliphatic rings. The molecule has 10 heteroatoms. The summed E-state index contributed by atoms with van der Waals surface area (Å²) >= 11 is 0. The molecule has 0 aromatic rings. The molecule has 0 aromatic carbocycles. The van der Waals surface area contributed by atoms with Gasteiger partial charge in [-0.15, -0.1) is 0 Å². The van der Waals surface area contributed by atoms with Crippen molar-refractivity contribution in [3.05, 3.63) is 0 Å². The Hall–Kier alpha value is -0.540. The molecule has 0 saturated heterocycles. The van der Waals surface area contributed by atoms with E-state index in [2.05, 4.69) is 18.4 Å². The normalized spacial score (nSPS) is 12.1. The molecule has 9 nitrogen and oxygen atoms in total. The number of hydrogen-bond donors (Lipinski definition) is 2. The van der Waals surface area contributed by atoms with Crippen LogP contribution < -0.4 is 15.5 Å². The molecule has 0 heterocycles. The first-order valence-corrected chi connectivity index (χ1v) is 22.0. The minimum absolute atomic E-state index is 0.0362. The van der Waals surface area contributed by atoms with Crippen molar-refractivity contribution in [2.45, 2.75) is 213 Å². The van der Waals surface area contributed by atoms with E-state index in [1.165, 1.54) is 167 Å². The maximum atomic E-state index is 12.1. The Morgan fingerprint density at radius 2 is 0.939 bits per heavy atom. The molecule has 0 aromatic heterocycles. The van der Waals surface area contributed by atoms with E-state index >= 15 is 0 Å².